The van der Waals surface area contributed by atoms with Gasteiger partial charge in [-0.2, -0.15) is 4.98 Å². The van der Waals surface area contributed by atoms with Gasteiger partial charge in [-0.25, -0.2) is 0 Å². The number of carbonyl (C=O) groups is 1. The van der Waals surface area contributed by atoms with Crippen LogP contribution in [-0.4, -0.2) is 46.7 Å². The highest BCUT2D eigenvalue weighted by Gasteiger charge is 2.40. The summed E-state index contributed by atoms with van der Waals surface area (Å²) in [6.07, 6.45) is 4.98. The molecule has 0 bridgehead atoms. The molecule has 0 unspecified atom stereocenters. The molecule has 1 saturated carbocycles. The van der Waals surface area contributed by atoms with E-state index in [0.29, 0.717) is 24.7 Å². The topological polar surface area (TPSA) is 94.5 Å². The maximum Gasteiger partial charge on any atom is 0.306 e. The van der Waals surface area contributed by atoms with Gasteiger partial charge in [0.05, 0.1) is 18.6 Å². The van der Waals surface area contributed by atoms with Gasteiger partial charge in [0.1, 0.15) is 0 Å². The Balaban J connectivity index is 1.54. The van der Waals surface area contributed by atoms with Crippen molar-refractivity contribution in [3.8, 4) is 0 Å². The summed E-state index contributed by atoms with van der Waals surface area (Å²) in [6.45, 7) is 4.16. The first-order chi connectivity index (χ1) is 10.6. The van der Waals surface area contributed by atoms with Gasteiger partial charge in [0.25, 0.3) is 0 Å². The maximum absolute atomic E-state index is 11.4. The van der Waals surface area contributed by atoms with Crippen LogP contribution in [0.4, 0.5) is 0 Å². The van der Waals surface area contributed by atoms with Crippen molar-refractivity contribution in [2.75, 3.05) is 19.7 Å². The van der Waals surface area contributed by atoms with E-state index in [9.17, 15) is 4.79 Å². The lowest BCUT2D eigenvalue weighted by Gasteiger charge is -2.37. The van der Waals surface area contributed by atoms with Crippen molar-refractivity contribution in [1.29, 1.82) is 0 Å². The molecule has 2 N–H and O–H groups in total. The lowest BCUT2D eigenvalue weighted by Crippen LogP contribution is -2.49. The first-order valence-corrected chi connectivity index (χ1v) is 8.12. The number of hydrogen-bond acceptors (Lipinski definition) is 7. The van der Waals surface area contributed by atoms with Gasteiger partial charge in [-0.05, 0) is 32.6 Å². The molecule has 122 valence electrons. The standard InChI is InChI=1S/C15H24N4O3/c1-2-21-13(20)6-5-12-17-14(18-22-12)15(16)7-9-19(10-8-15)11-3-4-11/h11H,2-10,16H2,1H3. The molecule has 1 aliphatic heterocycles. The molecule has 7 heteroatoms. The van der Waals surface area contributed by atoms with E-state index in [1.54, 1.807) is 6.92 Å². The minimum atomic E-state index is -0.503. The lowest BCUT2D eigenvalue weighted by atomic mass is 9.88. The van der Waals surface area contributed by atoms with Gasteiger partial charge in [0, 0.05) is 25.6 Å². The third-order valence-electron chi connectivity index (χ3n) is 4.52. The van der Waals surface area contributed by atoms with E-state index in [2.05, 4.69) is 15.0 Å². The quantitative estimate of drug-likeness (QED) is 0.783. The Morgan fingerprint density at radius 2 is 2.18 bits per heavy atom. The molecule has 0 aromatic carbocycles. The molecule has 0 amide bonds. The van der Waals surface area contributed by atoms with Crippen molar-refractivity contribution in [2.24, 2.45) is 5.73 Å². The van der Waals surface area contributed by atoms with Gasteiger partial charge in [-0.1, -0.05) is 5.16 Å². The normalized spacial score (nSPS) is 21.7. The van der Waals surface area contributed by atoms with Crippen LogP contribution < -0.4 is 5.73 Å². The number of nitrogens with two attached hydrogens (primary N) is 1. The van der Waals surface area contributed by atoms with Gasteiger partial charge in [0.15, 0.2) is 5.82 Å². The molecule has 0 radical (unpaired) electrons. The first-order valence-electron chi connectivity index (χ1n) is 8.12. The highest BCUT2D eigenvalue weighted by atomic mass is 16.5. The zero-order valence-electron chi connectivity index (χ0n) is 13.1. The molecule has 1 aliphatic carbocycles. The van der Waals surface area contributed by atoms with E-state index in [1.807, 2.05) is 0 Å². The van der Waals surface area contributed by atoms with Crippen LogP contribution in [0.1, 0.15) is 50.7 Å². The van der Waals surface area contributed by atoms with Crippen molar-refractivity contribution >= 4 is 5.97 Å². The number of likely N-dealkylation sites (tertiary alicyclic amines) is 1. The van der Waals surface area contributed by atoms with Gasteiger partial charge < -0.3 is 19.9 Å². The number of piperidine rings is 1. The molecule has 1 aromatic rings. The van der Waals surface area contributed by atoms with Crippen LogP contribution in [0.25, 0.3) is 0 Å². The van der Waals surface area contributed by atoms with E-state index in [4.69, 9.17) is 15.0 Å². The summed E-state index contributed by atoms with van der Waals surface area (Å²) in [6, 6.07) is 0.773. The number of rotatable bonds is 6. The lowest BCUT2D eigenvalue weighted by molar-refractivity contribution is -0.143. The number of hydrogen-bond donors (Lipinski definition) is 1. The zero-order chi connectivity index (χ0) is 15.6. The van der Waals surface area contributed by atoms with Gasteiger partial charge in [-0.3, -0.25) is 4.79 Å². The van der Waals surface area contributed by atoms with Crippen LogP contribution in [0.3, 0.4) is 0 Å². The third-order valence-corrected chi connectivity index (χ3v) is 4.52. The smallest absolute Gasteiger partial charge is 0.306 e. The Bertz CT molecular complexity index is 519. The summed E-state index contributed by atoms with van der Waals surface area (Å²) in [4.78, 5) is 18.3. The van der Waals surface area contributed by atoms with Crippen molar-refractivity contribution in [1.82, 2.24) is 15.0 Å². The maximum atomic E-state index is 11.4. The van der Waals surface area contributed by atoms with Crippen LogP contribution in [0.15, 0.2) is 4.52 Å². The zero-order valence-corrected chi connectivity index (χ0v) is 13.1. The van der Waals surface area contributed by atoms with Crippen molar-refractivity contribution in [2.45, 2.75) is 57.0 Å². The molecular formula is C15H24N4O3. The fourth-order valence-electron chi connectivity index (χ4n) is 2.95. The van der Waals surface area contributed by atoms with Crippen LogP contribution in [-0.2, 0) is 21.5 Å². The number of ether oxygens (including phenoxy) is 1. The van der Waals surface area contributed by atoms with Gasteiger partial charge in [0.2, 0.25) is 5.89 Å². The number of nitrogens with zero attached hydrogens (tertiary/aromatic N) is 3. The molecule has 22 heavy (non-hydrogen) atoms. The average molecular weight is 308 g/mol. The molecule has 1 aromatic heterocycles. The summed E-state index contributed by atoms with van der Waals surface area (Å²) < 4.78 is 10.1. The Hall–Kier alpha value is -1.47. The van der Waals surface area contributed by atoms with Crippen molar-refractivity contribution in [3.63, 3.8) is 0 Å². The van der Waals surface area contributed by atoms with Crippen molar-refractivity contribution < 1.29 is 14.1 Å². The minimum Gasteiger partial charge on any atom is -0.466 e. The molecule has 3 rings (SSSR count). The molecular weight excluding hydrogens is 284 g/mol. The molecule has 2 aliphatic rings. The summed E-state index contributed by atoms with van der Waals surface area (Å²) in [5.41, 5.74) is 5.97. The Morgan fingerprint density at radius 3 is 2.82 bits per heavy atom. The highest BCUT2D eigenvalue weighted by Crippen LogP contribution is 2.34. The van der Waals surface area contributed by atoms with E-state index >= 15 is 0 Å². The molecule has 1 saturated heterocycles. The largest absolute Gasteiger partial charge is 0.466 e. The summed E-state index contributed by atoms with van der Waals surface area (Å²) in [5.74, 6) is 0.779. The number of aryl methyl sites for hydroxylation is 1. The Morgan fingerprint density at radius 1 is 1.45 bits per heavy atom. The number of carbonyl (C=O) groups excluding carboxylic acids is 1. The van der Waals surface area contributed by atoms with Crippen LogP contribution >= 0.6 is 0 Å². The minimum absolute atomic E-state index is 0.248. The molecule has 2 heterocycles. The second-order valence-corrected chi connectivity index (χ2v) is 6.24. The van der Waals surface area contributed by atoms with Crippen molar-refractivity contribution in [3.05, 3.63) is 11.7 Å². The second-order valence-electron chi connectivity index (χ2n) is 6.24. The summed E-state index contributed by atoms with van der Waals surface area (Å²) in [7, 11) is 0. The molecule has 0 atom stereocenters. The average Bonchev–Trinajstić information content (AvgIpc) is 3.24. The fourth-order valence-corrected chi connectivity index (χ4v) is 2.95. The first kappa shape index (κ1) is 15.4. The summed E-state index contributed by atoms with van der Waals surface area (Å²) in [5, 5.41) is 4.04. The van der Waals surface area contributed by atoms with E-state index in [0.717, 1.165) is 32.0 Å². The third kappa shape index (κ3) is 3.47. The van der Waals surface area contributed by atoms with Crippen LogP contribution in [0.5, 0.6) is 0 Å². The van der Waals surface area contributed by atoms with Crippen LogP contribution in [0.2, 0.25) is 0 Å². The van der Waals surface area contributed by atoms with E-state index in [-0.39, 0.29) is 12.4 Å². The Labute approximate surface area is 130 Å². The molecule has 0 spiro atoms. The van der Waals surface area contributed by atoms with Gasteiger partial charge in [-0.15, -0.1) is 0 Å². The SMILES string of the molecule is CCOC(=O)CCc1nc(C2(N)CCN(C3CC3)CC2)no1. The monoisotopic (exact) mass is 308 g/mol. The highest BCUT2D eigenvalue weighted by molar-refractivity contribution is 5.69. The molecule has 7 nitrogen and oxygen atoms in total. The fraction of sp³-hybridized carbons (Fsp3) is 0.800. The second kappa shape index (κ2) is 6.34. The van der Waals surface area contributed by atoms with Crippen LogP contribution in [0, 0.1) is 0 Å². The number of esters is 1. The number of aromatic nitrogens is 2. The van der Waals surface area contributed by atoms with Gasteiger partial charge >= 0.3 is 5.97 Å². The van der Waals surface area contributed by atoms with E-state index in [1.165, 1.54) is 12.8 Å². The predicted octanol–water partition coefficient (Wildman–Crippen LogP) is 0.977. The molecule has 2 fully saturated rings. The predicted molar refractivity (Wildman–Crippen MR) is 78.9 cm³/mol. The summed E-state index contributed by atoms with van der Waals surface area (Å²) >= 11 is 0. The van der Waals surface area contributed by atoms with E-state index < -0.39 is 5.54 Å². The Kier molecular flexibility index (Phi) is 4.44.